The van der Waals surface area contributed by atoms with Crippen LogP contribution >= 0.6 is 0 Å². The van der Waals surface area contributed by atoms with Gasteiger partial charge in [-0.3, -0.25) is 4.99 Å². The largest absolute Gasteiger partial charge is 0.370 e. The lowest BCUT2D eigenvalue weighted by atomic mass is 9.93. The first-order valence-electron chi connectivity index (χ1n) is 6.30. The molecular weight excluding hydrogens is 186 g/mol. The number of hydrogen-bond acceptors (Lipinski definition) is 1. The Hall–Kier alpha value is -0.730. The van der Waals surface area contributed by atoms with Crippen LogP contribution in [0.15, 0.2) is 4.99 Å². The van der Waals surface area contributed by atoms with Crippen molar-refractivity contribution in [2.75, 3.05) is 6.54 Å². The van der Waals surface area contributed by atoms with Crippen molar-refractivity contribution in [3.05, 3.63) is 0 Å². The van der Waals surface area contributed by atoms with Crippen molar-refractivity contribution in [1.29, 1.82) is 0 Å². The monoisotopic (exact) mass is 209 g/mol. The van der Waals surface area contributed by atoms with Gasteiger partial charge in [0.1, 0.15) is 0 Å². The average molecular weight is 209 g/mol. The van der Waals surface area contributed by atoms with E-state index in [1.54, 1.807) is 0 Å². The molecule has 0 aromatic rings. The Morgan fingerprint density at radius 3 is 2.67 bits per heavy atom. The Balaban J connectivity index is 1.67. The molecule has 3 N–H and O–H groups in total. The van der Waals surface area contributed by atoms with Crippen LogP contribution in [-0.2, 0) is 0 Å². The molecule has 0 bridgehead atoms. The molecule has 0 aliphatic heterocycles. The molecule has 0 heterocycles. The fourth-order valence-corrected chi connectivity index (χ4v) is 2.53. The van der Waals surface area contributed by atoms with E-state index < -0.39 is 0 Å². The number of hydrogen-bond donors (Lipinski definition) is 2. The number of aliphatic imine (C=N–C) groups is 1. The van der Waals surface area contributed by atoms with Crippen molar-refractivity contribution < 1.29 is 0 Å². The first-order valence-corrected chi connectivity index (χ1v) is 6.30. The maximum atomic E-state index is 5.84. The normalized spacial score (nSPS) is 32.7. The van der Waals surface area contributed by atoms with Gasteiger partial charge < -0.3 is 11.1 Å². The van der Waals surface area contributed by atoms with Crippen molar-refractivity contribution >= 4 is 5.96 Å². The van der Waals surface area contributed by atoms with Gasteiger partial charge in [0.2, 0.25) is 0 Å². The van der Waals surface area contributed by atoms with Gasteiger partial charge in [-0.25, -0.2) is 0 Å². The van der Waals surface area contributed by atoms with Crippen LogP contribution in [0.1, 0.15) is 45.4 Å². The van der Waals surface area contributed by atoms with Crippen molar-refractivity contribution in [2.24, 2.45) is 22.6 Å². The Morgan fingerprint density at radius 2 is 2.13 bits per heavy atom. The van der Waals surface area contributed by atoms with Crippen LogP contribution in [0.25, 0.3) is 0 Å². The van der Waals surface area contributed by atoms with Crippen molar-refractivity contribution in [3.63, 3.8) is 0 Å². The summed E-state index contributed by atoms with van der Waals surface area (Å²) in [6.07, 6.45) is 7.90. The van der Waals surface area contributed by atoms with Crippen molar-refractivity contribution in [2.45, 2.75) is 51.5 Å². The highest BCUT2D eigenvalue weighted by Gasteiger charge is 2.21. The smallest absolute Gasteiger partial charge is 0.188 e. The van der Waals surface area contributed by atoms with E-state index in [0.717, 1.165) is 18.4 Å². The second kappa shape index (κ2) is 4.86. The minimum absolute atomic E-state index is 0.608. The van der Waals surface area contributed by atoms with E-state index in [-0.39, 0.29) is 0 Å². The lowest BCUT2D eigenvalue weighted by molar-refractivity contribution is 0.381. The number of guanidine groups is 1. The summed E-state index contributed by atoms with van der Waals surface area (Å²) in [6.45, 7) is 3.26. The van der Waals surface area contributed by atoms with E-state index in [9.17, 15) is 0 Å². The summed E-state index contributed by atoms with van der Waals surface area (Å²) in [6, 6.07) is 0.608. The molecule has 2 unspecified atom stereocenters. The Labute approximate surface area is 92.5 Å². The van der Waals surface area contributed by atoms with Gasteiger partial charge in [0, 0.05) is 12.6 Å². The molecule has 15 heavy (non-hydrogen) atoms. The molecule has 2 aliphatic carbocycles. The molecule has 2 aliphatic rings. The predicted molar refractivity (Wildman–Crippen MR) is 63.8 cm³/mol. The molecule has 3 nitrogen and oxygen atoms in total. The minimum Gasteiger partial charge on any atom is -0.370 e. The fourth-order valence-electron chi connectivity index (χ4n) is 2.53. The molecule has 3 heteroatoms. The average Bonchev–Trinajstić information content (AvgIpc) is 2.55. The zero-order valence-electron chi connectivity index (χ0n) is 9.71. The van der Waals surface area contributed by atoms with Crippen LogP contribution in [-0.4, -0.2) is 18.5 Å². The number of nitrogens with one attached hydrogen (secondary N) is 1. The molecule has 0 saturated heterocycles. The summed E-state index contributed by atoms with van der Waals surface area (Å²) in [5, 5.41) is 3.28. The lowest BCUT2D eigenvalue weighted by Gasteiger charge is -2.26. The van der Waals surface area contributed by atoms with Gasteiger partial charge in [0.15, 0.2) is 5.96 Å². The summed E-state index contributed by atoms with van der Waals surface area (Å²) in [4.78, 5) is 4.45. The minimum atomic E-state index is 0.608. The van der Waals surface area contributed by atoms with Gasteiger partial charge >= 0.3 is 0 Å². The molecule has 0 amide bonds. The second-order valence-electron chi connectivity index (χ2n) is 5.28. The standard InChI is InChI=1S/C12H23N3/c1-9-5-6-10(7-9)8-14-12(13)15-11-3-2-4-11/h9-11H,2-8H2,1H3,(H3,13,14,15). The molecular formula is C12H23N3. The van der Waals surface area contributed by atoms with E-state index in [2.05, 4.69) is 17.2 Å². The highest BCUT2D eigenvalue weighted by atomic mass is 15.1. The van der Waals surface area contributed by atoms with Crippen molar-refractivity contribution in [1.82, 2.24) is 5.32 Å². The van der Waals surface area contributed by atoms with Crippen LogP contribution in [0, 0.1) is 11.8 Å². The van der Waals surface area contributed by atoms with Gasteiger partial charge in [0.25, 0.3) is 0 Å². The summed E-state index contributed by atoms with van der Waals surface area (Å²) >= 11 is 0. The third-order valence-corrected chi connectivity index (χ3v) is 3.78. The zero-order chi connectivity index (χ0) is 10.7. The zero-order valence-corrected chi connectivity index (χ0v) is 9.71. The van der Waals surface area contributed by atoms with Gasteiger partial charge in [-0.2, -0.15) is 0 Å². The van der Waals surface area contributed by atoms with Gasteiger partial charge in [-0.05, 0) is 43.9 Å². The van der Waals surface area contributed by atoms with Crippen LogP contribution in [0.3, 0.4) is 0 Å². The van der Waals surface area contributed by atoms with Crippen LogP contribution < -0.4 is 11.1 Å². The van der Waals surface area contributed by atoms with E-state index >= 15 is 0 Å². The van der Waals surface area contributed by atoms with E-state index in [0.29, 0.717) is 12.0 Å². The molecule has 0 radical (unpaired) electrons. The number of nitrogens with two attached hydrogens (primary N) is 1. The van der Waals surface area contributed by atoms with E-state index in [1.807, 2.05) is 0 Å². The van der Waals surface area contributed by atoms with E-state index in [1.165, 1.54) is 38.5 Å². The van der Waals surface area contributed by atoms with Gasteiger partial charge in [-0.1, -0.05) is 13.3 Å². The maximum absolute atomic E-state index is 5.84. The summed E-state index contributed by atoms with van der Waals surface area (Å²) in [7, 11) is 0. The number of rotatable bonds is 3. The first-order chi connectivity index (χ1) is 7.24. The Kier molecular flexibility index (Phi) is 3.49. The molecule has 2 rings (SSSR count). The van der Waals surface area contributed by atoms with Crippen LogP contribution in [0.5, 0.6) is 0 Å². The Morgan fingerprint density at radius 1 is 1.33 bits per heavy atom. The SMILES string of the molecule is CC1CCC(CN=C(N)NC2CCC2)C1. The molecule has 0 spiro atoms. The molecule has 0 aromatic carbocycles. The van der Waals surface area contributed by atoms with E-state index in [4.69, 9.17) is 5.73 Å². The van der Waals surface area contributed by atoms with Crippen LogP contribution in [0.2, 0.25) is 0 Å². The predicted octanol–water partition coefficient (Wildman–Crippen LogP) is 1.88. The van der Waals surface area contributed by atoms with Gasteiger partial charge in [0.05, 0.1) is 0 Å². The Bertz CT molecular complexity index is 233. The molecule has 0 aromatic heterocycles. The summed E-state index contributed by atoms with van der Waals surface area (Å²) in [5.74, 6) is 2.34. The highest BCUT2D eigenvalue weighted by Crippen LogP contribution is 2.30. The summed E-state index contributed by atoms with van der Waals surface area (Å²) in [5.41, 5.74) is 5.84. The topological polar surface area (TPSA) is 50.4 Å². The lowest BCUT2D eigenvalue weighted by Crippen LogP contribution is -2.43. The molecule has 86 valence electrons. The van der Waals surface area contributed by atoms with Crippen LogP contribution in [0.4, 0.5) is 0 Å². The third-order valence-electron chi connectivity index (χ3n) is 3.78. The third kappa shape index (κ3) is 3.11. The molecule has 2 fully saturated rings. The first kappa shape index (κ1) is 10.8. The highest BCUT2D eigenvalue weighted by molar-refractivity contribution is 5.78. The second-order valence-corrected chi connectivity index (χ2v) is 5.28. The fraction of sp³-hybridized carbons (Fsp3) is 0.917. The van der Waals surface area contributed by atoms with Crippen molar-refractivity contribution in [3.8, 4) is 0 Å². The summed E-state index contributed by atoms with van der Waals surface area (Å²) < 4.78 is 0. The van der Waals surface area contributed by atoms with Gasteiger partial charge in [-0.15, -0.1) is 0 Å². The quantitative estimate of drug-likeness (QED) is 0.551. The molecule has 2 atom stereocenters. The number of nitrogens with zero attached hydrogens (tertiary/aromatic N) is 1. The maximum Gasteiger partial charge on any atom is 0.188 e. The molecule has 2 saturated carbocycles.